The number of aliphatic hydroxyl groups excluding tert-OH is 3. The van der Waals surface area contributed by atoms with Crippen LogP contribution in [-0.4, -0.2) is 46.3 Å². The van der Waals surface area contributed by atoms with Crippen LogP contribution in [0.25, 0.3) is 0 Å². The molecular formula is C7H14O4. The molecule has 4 unspecified atom stereocenters. The highest BCUT2D eigenvalue weighted by atomic mass is 16.5. The molecule has 1 rings (SSSR count). The smallest absolute Gasteiger partial charge is 0.109 e. The predicted molar refractivity (Wildman–Crippen MR) is 38.1 cm³/mol. The molecule has 4 heteroatoms. The van der Waals surface area contributed by atoms with E-state index in [1.807, 2.05) is 0 Å². The monoisotopic (exact) mass is 162 g/mol. The van der Waals surface area contributed by atoms with E-state index in [1.54, 1.807) is 6.92 Å². The van der Waals surface area contributed by atoms with E-state index in [2.05, 4.69) is 0 Å². The largest absolute Gasteiger partial charge is 0.394 e. The van der Waals surface area contributed by atoms with Crippen molar-refractivity contribution in [2.45, 2.75) is 37.8 Å². The third-order valence-electron chi connectivity index (χ3n) is 1.94. The summed E-state index contributed by atoms with van der Waals surface area (Å²) in [5, 5.41) is 27.1. The Morgan fingerprint density at radius 3 is 2.64 bits per heavy atom. The third-order valence-corrected chi connectivity index (χ3v) is 1.94. The van der Waals surface area contributed by atoms with Crippen LogP contribution in [0.2, 0.25) is 0 Å². The lowest BCUT2D eigenvalue weighted by atomic mass is 9.99. The van der Waals surface area contributed by atoms with Crippen LogP contribution >= 0.6 is 0 Å². The summed E-state index contributed by atoms with van der Waals surface area (Å²) in [4.78, 5) is 0. The van der Waals surface area contributed by atoms with Gasteiger partial charge in [-0.05, 0) is 6.92 Å². The van der Waals surface area contributed by atoms with Gasteiger partial charge in [-0.15, -0.1) is 0 Å². The van der Waals surface area contributed by atoms with Gasteiger partial charge in [-0.3, -0.25) is 0 Å². The van der Waals surface area contributed by atoms with E-state index in [0.717, 1.165) is 0 Å². The molecule has 1 aliphatic heterocycles. The molecule has 66 valence electrons. The molecule has 0 bridgehead atoms. The first-order chi connectivity index (χ1) is 5.15. The molecule has 3 N–H and O–H groups in total. The fraction of sp³-hybridized carbons (Fsp3) is 1.00. The molecule has 0 aromatic rings. The van der Waals surface area contributed by atoms with E-state index in [9.17, 15) is 10.2 Å². The summed E-state index contributed by atoms with van der Waals surface area (Å²) in [6, 6.07) is 0. The first-order valence-corrected chi connectivity index (χ1v) is 3.77. The SMILES string of the molecule is CC1CC(O)C(O)C(CO)O1. The van der Waals surface area contributed by atoms with Crippen LogP contribution in [0.4, 0.5) is 0 Å². The van der Waals surface area contributed by atoms with E-state index < -0.39 is 18.3 Å². The number of hydrogen-bond acceptors (Lipinski definition) is 4. The van der Waals surface area contributed by atoms with Crippen LogP contribution in [0.5, 0.6) is 0 Å². The topological polar surface area (TPSA) is 69.9 Å². The van der Waals surface area contributed by atoms with Gasteiger partial charge >= 0.3 is 0 Å². The molecular weight excluding hydrogens is 148 g/mol. The van der Waals surface area contributed by atoms with E-state index in [1.165, 1.54) is 0 Å². The average Bonchev–Trinajstić information content (AvgIpc) is 1.96. The van der Waals surface area contributed by atoms with Crippen molar-refractivity contribution in [3.05, 3.63) is 0 Å². The zero-order valence-corrected chi connectivity index (χ0v) is 6.47. The van der Waals surface area contributed by atoms with Gasteiger partial charge in [0.1, 0.15) is 12.2 Å². The van der Waals surface area contributed by atoms with Crippen molar-refractivity contribution in [1.29, 1.82) is 0 Å². The van der Waals surface area contributed by atoms with E-state index in [-0.39, 0.29) is 12.7 Å². The average molecular weight is 162 g/mol. The van der Waals surface area contributed by atoms with Gasteiger partial charge in [-0.25, -0.2) is 0 Å². The molecule has 1 heterocycles. The molecule has 1 fully saturated rings. The summed E-state index contributed by atoms with van der Waals surface area (Å²) in [5.41, 5.74) is 0. The van der Waals surface area contributed by atoms with Crippen LogP contribution in [-0.2, 0) is 4.74 Å². The minimum absolute atomic E-state index is 0.0921. The Morgan fingerprint density at radius 2 is 2.09 bits per heavy atom. The summed E-state index contributed by atoms with van der Waals surface area (Å²) in [6.07, 6.45) is -2.01. The minimum Gasteiger partial charge on any atom is -0.394 e. The minimum atomic E-state index is -0.948. The number of ether oxygens (including phenoxy) is 1. The van der Waals surface area contributed by atoms with Crippen molar-refractivity contribution in [3.8, 4) is 0 Å². The van der Waals surface area contributed by atoms with E-state index in [4.69, 9.17) is 9.84 Å². The molecule has 1 saturated heterocycles. The molecule has 1 aliphatic rings. The van der Waals surface area contributed by atoms with Gasteiger partial charge in [-0.1, -0.05) is 0 Å². The Bertz CT molecular complexity index is 128. The van der Waals surface area contributed by atoms with Crippen LogP contribution < -0.4 is 0 Å². The van der Waals surface area contributed by atoms with Crippen molar-refractivity contribution in [2.24, 2.45) is 0 Å². The maximum atomic E-state index is 9.22. The quantitative estimate of drug-likeness (QED) is 0.456. The van der Waals surface area contributed by atoms with Gasteiger partial charge in [0, 0.05) is 6.42 Å². The molecule has 0 saturated carbocycles. The van der Waals surface area contributed by atoms with Crippen molar-refractivity contribution in [1.82, 2.24) is 0 Å². The highest BCUT2D eigenvalue weighted by Gasteiger charge is 2.34. The van der Waals surface area contributed by atoms with Crippen molar-refractivity contribution in [3.63, 3.8) is 0 Å². The zero-order valence-electron chi connectivity index (χ0n) is 6.47. The lowest BCUT2D eigenvalue weighted by Gasteiger charge is -2.34. The first-order valence-electron chi connectivity index (χ1n) is 3.77. The molecule has 11 heavy (non-hydrogen) atoms. The number of aliphatic hydroxyl groups is 3. The van der Waals surface area contributed by atoms with Gasteiger partial charge in [0.25, 0.3) is 0 Å². The lowest BCUT2D eigenvalue weighted by Crippen LogP contribution is -2.49. The number of hydrogen-bond donors (Lipinski definition) is 3. The van der Waals surface area contributed by atoms with E-state index in [0.29, 0.717) is 6.42 Å². The van der Waals surface area contributed by atoms with Crippen molar-refractivity contribution in [2.75, 3.05) is 6.61 Å². The Morgan fingerprint density at radius 1 is 1.45 bits per heavy atom. The Balaban J connectivity index is 2.51. The highest BCUT2D eigenvalue weighted by Crippen LogP contribution is 2.19. The summed E-state index contributed by atoms with van der Waals surface area (Å²) in [5.74, 6) is 0. The fourth-order valence-electron chi connectivity index (χ4n) is 1.31. The molecule has 4 nitrogen and oxygen atoms in total. The summed E-state index contributed by atoms with van der Waals surface area (Å²) < 4.78 is 5.16. The van der Waals surface area contributed by atoms with Crippen LogP contribution in [0, 0.1) is 0 Å². The molecule has 0 aromatic heterocycles. The lowest BCUT2D eigenvalue weighted by molar-refractivity contribution is -0.174. The van der Waals surface area contributed by atoms with Gasteiger partial charge in [0.05, 0.1) is 18.8 Å². The summed E-state index contributed by atoms with van der Waals surface area (Å²) >= 11 is 0. The summed E-state index contributed by atoms with van der Waals surface area (Å²) in [6.45, 7) is 1.56. The predicted octanol–water partition coefficient (Wildman–Crippen LogP) is -1.12. The second kappa shape index (κ2) is 3.49. The Labute approximate surface area is 65.4 Å². The van der Waals surface area contributed by atoms with Gasteiger partial charge in [0.2, 0.25) is 0 Å². The van der Waals surface area contributed by atoms with Crippen LogP contribution in [0.1, 0.15) is 13.3 Å². The van der Waals surface area contributed by atoms with Crippen LogP contribution in [0.3, 0.4) is 0 Å². The normalized spacial score (nSPS) is 45.8. The second-order valence-electron chi connectivity index (χ2n) is 2.96. The van der Waals surface area contributed by atoms with Crippen LogP contribution in [0.15, 0.2) is 0 Å². The standard InChI is InChI=1S/C7H14O4/c1-4-2-5(9)7(10)6(3-8)11-4/h4-10H,2-3H2,1H3. The third kappa shape index (κ3) is 1.90. The Kier molecular flexibility index (Phi) is 2.84. The second-order valence-corrected chi connectivity index (χ2v) is 2.96. The maximum Gasteiger partial charge on any atom is 0.109 e. The van der Waals surface area contributed by atoms with Crippen molar-refractivity contribution < 1.29 is 20.1 Å². The maximum absolute atomic E-state index is 9.22. The number of rotatable bonds is 1. The zero-order chi connectivity index (χ0) is 8.43. The van der Waals surface area contributed by atoms with E-state index >= 15 is 0 Å². The molecule has 0 aromatic carbocycles. The summed E-state index contributed by atoms with van der Waals surface area (Å²) in [7, 11) is 0. The molecule has 0 spiro atoms. The van der Waals surface area contributed by atoms with Gasteiger partial charge < -0.3 is 20.1 Å². The Hall–Kier alpha value is -0.160. The molecule has 4 atom stereocenters. The van der Waals surface area contributed by atoms with Gasteiger partial charge in [-0.2, -0.15) is 0 Å². The van der Waals surface area contributed by atoms with Crippen molar-refractivity contribution >= 4 is 0 Å². The highest BCUT2D eigenvalue weighted by molar-refractivity contribution is 4.83. The fourth-order valence-corrected chi connectivity index (χ4v) is 1.31. The molecule has 0 aliphatic carbocycles. The first kappa shape index (κ1) is 8.93. The molecule has 0 amide bonds. The molecule has 0 radical (unpaired) electrons. The van der Waals surface area contributed by atoms with Gasteiger partial charge in [0.15, 0.2) is 0 Å².